The first-order valence-corrected chi connectivity index (χ1v) is 8.27. The van der Waals surface area contributed by atoms with Crippen molar-refractivity contribution in [1.82, 2.24) is 9.97 Å². The number of hydrogen-bond acceptors (Lipinski definition) is 3. The highest BCUT2D eigenvalue weighted by atomic mass is 16.5. The summed E-state index contributed by atoms with van der Waals surface area (Å²) in [6.45, 7) is 4.10. The molecular weight excluding hydrogens is 298 g/mol. The fourth-order valence-corrected chi connectivity index (χ4v) is 3.40. The number of ether oxygens (including phenoxy) is 1. The second-order valence-electron chi connectivity index (χ2n) is 6.16. The number of fused-ring (bicyclic) bond motifs is 1. The zero-order valence-corrected chi connectivity index (χ0v) is 14.0. The van der Waals surface area contributed by atoms with Crippen molar-refractivity contribution in [2.24, 2.45) is 0 Å². The number of benzene rings is 1. The number of pyridine rings is 1. The van der Waals surface area contributed by atoms with E-state index in [1.807, 2.05) is 24.5 Å². The Bertz CT molecular complexity index is 893. The molecule has 0 aliphatic carbocycles. The van der Waals surface area contributed by atoms with Crippen molar-refractivity contribution in [3.63, 3.8) is 0 Å². The highest BCUT2D eigenvalue weighted by Gasteiger charge is 2.17. The van der Waals surface area contributed by atoms with Crippen LogP contribution in [-0.4, -0.2) is 30.2 Å². The summed E-state index contributed by atoms with van der Waals surface area (Å²) < 4.78 is 5.24. The van der Waals surface area contributed by atoms with Crippen LogP contribution in [0.2, 0.25) is 0 Å². The highest BCUT2D eigenvalue weighted by molar-refractivity contribution is 5.84. The van der Waals surface area contributed by atoms with E-state index < -0.39 is 0 Å². The summed E-state index contributed by atoms with van der Waals surface area (Å²) in [5.74, 6) is 0.901. The van der Waals surface area contributed by atoms with E-state index in [0.29, 0.717) is 0 Å². The first kappa shape index (κ1) is 14.8. The third-order valence-corrected chi connectivity index (χ3v) is 4.84. The summed E-state index contributed by atoms with van der Waals surface area (Å²) >= 11 is 0. The maximum atomic E-state index is 5.24. The molecule has 0 fully saturated rings. The van der Waals surface area contributed by atoms with Gasteiger partial charge >= 0.3 is 0 Å². The number of aromatic nitrogens is 2. The Kier molecular flexibility index (Phi) is 3.73. The second-order valence-corrected chi connectivity index (χ2v) is 6.16. The molecule has 2 aromatic heterocycles. The Balaban J connectivity index is 1.57. The maximum absolute atomic E-state index is 5.24. The highest BCUT2D eigenvalue weighted by Crippen LogP contribution is 2.30. The van der Waals surface area contributed by atoms with Crippen LogP contribution in [0.3, 0.4) is 0 Å². The van der Waals surface area contributed by atoms with Crippen molar-refractivity contribution in [3.05, 3.63) is 59.9 Å². The first-order valence-electron chi connectivity index (χ1n) is 8.27. The van der Waals surface area contributed by atoms with E-state index in [0.717, 1.165) is 30.9 Å². The molecule has 3 aromatic rings. The Morgan fingerprint density at radius 1 is 1.17 bits per heavy atom. The fraction of sp³-hybridized carbons (Fsp3) is 0.250. The zero-order valence-electron chi connectivity index (χ0n) is 14.0. The minimum atomic E-state index is 0.901. The van der Waals surface area contributed by atoms with Gasteiger partial charge in [-0.25, -0.2) is 4.98 Å². The SMILES string of the molecule is COc1ccc(C2=CCN(c3cnc4[nH]ccc4c3C)CC2)cc1. The number of rotatable bonds is 3. The van der Waals surface area contributed by atoms with Crippen molar-refractivity contribution in [2.45, 2.75) is 13.3 Å². The minimum Gasteiger partial charge on any atom is -0.497 e. The summed E-state index contributed by atoms with van der Waals surface area (Å²) in [6, 6.07) is 10.4. The number of H-pyrrole nitrogens is 1. The molecule has 24 heavy (non-hydrogen) atoms. The van der Waals surface area contributed by atoms with E-state index >= 15 is 0 Å². The van der Waals surface area contributed by atoms with Crippen molar-refractivity contribution in [1.29, 1.82) is 0 Å². The van der Waals surface area contributed by atoms with Gasteiger partial charge in [0.25, 0.3) is 0 Å². The standard InChI is InChI=1S/C20H21N3O/c1-14-18-7-10-21-20(18)22-13-19(14)23-11-8-16(9-12-23)15-3-5-17(24-2)6-4-15/h3-8,10,13H,9,11-12H2,1-2H3,(H,21,22). The molecule has 0 atom stereocenters. The molecule has 1 aliphatic heterocycles. The van der Waals surface area contributed by atoms with Crippen LogP contribution in [0.25, 0.3) is 16.6 Å². The van der Waals surface area contributed by atoms with E-state index in [1.165, 1.54) is 27.8 Å². The second kappa shape index (κ2) is 6.04. The Morgan fingerprint density at radius 2 is 2.00 bits per heavy atom. The lowest BCUT2D eigenvalue weighted by Crippen LogP contribution is -2.29. The fourth-order valence-electron chi connectivity index (χ4n) is 3.40. The largest absolute Gasteiger partial charge is 0.497 e. The minimum absolute atomic E-state index is 0.901. The zero-order chi connectivity index (χ0) is 16.5. The first-order chi connectivity index (χ1) is 11.8. The van der Waals surface area contributed by atoms with Crippen LogP contribution in [0, 0.1) is 6.92 Å². The van der Waals surface area contributed by atoms with Crippen LogP contribution >= 0.6 is 0 Å². The predicted molar refractivity (Wildman–Crippen MR) is 98.6 cm³/mol. The molecule has 3 heterocycles. The lowest BCUT2D eigenvalue weighted by atomic mass is 9.98. The third-order valence-electron chi connectivity index (χ3n) is 4.84. The van der Waals surface area contributed by atoms with E-state index in [-0.39, 0.29) is 0 Å². The summed E-state index contributed by atoms with van der Waals surface area (Å²) in [4.78, 5) is 10.1. The van der Waals surface area contributed by atoms with Crippen molar-refractivity contribution in [2.75, 3.05) is 25.1 Å². The average Bonchev–Trinajstić information content (AvgIpc) is 3.12. The number of anilines is 1. The smallest absolute Gasteiger partial charge is 0.137 e. The number of aromatic amines is 1. The predicted octanol–water partition coefficient (Wildman–Crippen LogP) is 4.17. The number of nitrogens with one attached hydrogen (secondary N) is 1. The number of nitrogens with zero attached hydrogens (tertiary/aromatic N) is 2. The van der Waals surface area contributed by atoms with Gasteiger partial charge < -0.3 is 14.6 Å². The van der Waals surface area contributed by atoms with Crippen molar-refractivity contribution >= 4 is 22.3 Å². The molecule has 122 valence electrons. The molecule has 1 aromatic carbocycles. The Labute approximate surface area is 141 Å². The molecular formula is C20H21N3O. The summed E-state index contributed by atoms with van der Waals surface area (Å²) in [5.41, 5.74) is 6.17. The molecule has 0 bridgehead atoms. The molecule has 0 radical (unpaired) electrons. The van der Waals surface area contributed by atoms with Crippen LogP contribution in [0.4, 0.5) is 5.69 Å². The van der Waals surface area contributed by atoms with Crippen molar-refractivity contribution in [3.8, 4) is 5.75 Å². The average molecular weight is 319 g/mol. The van der Waals surface area contributed by atoms with Gasteiger partial charge in [0.2, 0.25) is 0 Å². The van der Waals surface area contributed by atoms with Gasteiger partial charge in [0.05, 0.1) is 19.0 Å². The quantitative estimate of drug-likeness (QED) is 0.787. The summed E-state index contributed by atoms with van der Waals surface area (Å²) in [7, 11) is 1.70. The Hall–Kier alpha value is -2.75. The topological polar surface area (TPSA) is 41.1 Å². The van der Waals surface area contributed by atoms with Crippen LogP contribution in [0.1, 0.15) is 17.5 Å². The van der Waals surface area contributed by atoms with E-state index in [2.05, 4.69) is 46.1 Å². The lowest BCUT2D eigenvalue weighted by molar-refractivity contribution is 0.415. The normalized spacial score (nSPS) is 14.8. The van der Waals surface area contributed by atoms with E-state index in [9.17, 15) is 0 Å². The third kappa shape index (κ3) is 2.54. The van der Waals surface area contributed by atoms with Gasteiger partial charge in [-0.05, 0) is 48.2 Å². The van der Waals surface area contributed by atoms with E-state index in [1.54, 1.807) is 7.11 Å². The molecule has 0 spiro atoms. The molecule has 1 N–H and O–H groups in total. The van der Waals surface area contributed by atoms with Gasteiger partial charge in [-0.1, -0.05) is 18.2 Å². The van der Waals surface area contributed by atoms with Crippen LogP contribution in [-0.2, 0) is 0 Å². The maximum Gasteiger partial charge on any atom is 0.137 e. The monoisotopic (exact) mass is 319 g/mol. The van der Waals surface area contributed by atoms with Gasteiger partial charge in [0, 0.05) is 24.7 Å². The molecule has 0 amide bonds. The molecule has 0 saturated heterocycles. The molecule has 4 heteroatoms. The van der Waals surface area contributed by atoms with Crippen LogP contribution in [0.15, 0.2) is 48.8 Å². The Morgan fingerprint density at radius 3 is 2.71 bits per heavy atom. The summed E-state index contributed by atoms with van der Waals surface area (Å²) in [6.07, 6.45) is 7.30. The molecule has 4 nitrogen and oxygen atoms in total. The van der Waals surface area contributed by atoms with Gasteiger partial charge in [0.15, 0.2) is 0 Å². The lowest BCUT2D eigenvalue weighted by Gasteiger charge is -2.29. The van der Waals surface area contributed by atoms with Gasteiger partial charge in [-0.2, -0.15) is 0 Å². The van der Waals surface area contributed by atoms with Gasteiger partial charge in [-0.3, -0.25) is 0 Å². The number of aryl methyl sites for hydroxylation is 1. The van der Waals surface area contributed by atoms with Crippen LogP contribution in [0.5, 0.6) is 5.75 Å². The van der Waals surface area contributed by atoms with Gasteiger partial charge in [-0.15, -0.1) is 0 Å². The number of hydrogen-bond donors (Lipinski definition) is 1. The number of methoxy groups -OCH3 is 1. The van der Waals surface area contributed by atoms with E-state index in [4.69, 9.17) is 4.74 Å². The summed E-state index contributed by atoms with van der Waals surface area (Å²) in [5, 5.41) is 1.21. The molecule has 0 saturated carbocycles. The van der Waals surface area contributed by atoms with Crippen molar-refractivity contribution < 1.29 is 4.74 Å². The van der Waals surface area contributed by atoms with Gasteiger partial charge in [0.1, 0.15) is 11.4 Å². The molecule has 4 rings (SSSR count). The molecule has 0 unspecified atom stereocenters. The van der Waals surface area contributed by atoms with Crippen LogP contribution < -0.4 is 9.64 Å². The molecule has 1 aliphatic rings.